The Morgan fingerprint density at radius 1 is 0.955 bits per heavy atom. The minimum Gasteiger partial charge on any atom is -0.477 e. The van der Waals surface area contributed by atoms with Gasteiger partial charge in [-0.05, 0) is 24.3 Å². The molecule has 0 amide bonds. The van der Waals surface area contributed by atoms with Gasteiger partial charge in [0.05, 0.1) is 5.69 Å². The van der Waals surface area contributed by atoms with Crippen molar-refractivity contribution in [3.63, 3.8) is 0 Å². The van der Waals surface area contributed by atoms with Crippen LogP contribution in [0.25, 0.3) is 21.8 Å². The highest BCUT2D eigenvalue weighted by Gasteiger charge is 2.22. The molecule has 0 fully saturated rings. The number of carboxylic acid groups (broad SMARTS) is 1. The third kappa shape index (κ3) is 2.48. The van der Waals surface area contributed by atoms with Crippen LogP contribution in [0.2, 0.25) is 0 Å². The molecule has 22 heavy (non-hydrogen) atoms. The van der Waals surface area contributed by atoms with E-state index >= 15 is 0 Å². The average Bonchev–Trinajstić information content (AvgIpc) is 2.93. The quantitative estimate of drug-likeness (QED) is 0.776. The monoisotopic (exact) mass is 317 g/mol. The molecule has 0 bridgehead atoms. The summed E-state index contributed by atoms with van der Waals surface area (Å²) in [5.74, 6) is -2.30. The summed E-state index contributed by atoms with van der Waals surface area (Å²) >= 11 is 0.821. The first-order chi connectivity index (χ1) is 10.6. The summed E-state index contributed by atoms with van der Waals surface area (Å²) in [5.41, 5.74) is 0.283. The van der Waals surface area contributed by atoms with Crippen molar-refractivity contribution in [1.29, 1.82) is 0 Å². The van der Waals surface area contributed by atoms with Crippen molar-refractivity contribution >= 4 is 17.3 Å². The molecule has 0 atom stereocenters. The van der Waals surface area contributed by atoms with Crippen molar-refractivity contribution < 1.29 is 18.7 Å². The zero-order valence-electron chi connectivity index (χ0n) is 11.1. The van der Waals surface area contributed by atoms with Crippen molar-refractivity contribution in [2.75, 3.05) is 0 Å². The first-order valence-electron chi connectivity index (χ1n) is 6.32. The van der Waals surface area contributed by atoms with E-state index < -0.39 is 17.6 Å². The summed E-state index contributed by atoms with van der Waals surface area (Å²) in [4.78, 5) is 15.4. The normalized spacial score (nSPS) is 10.6. The Morgan fingerprint density at radius 3 is 2.05 bits per heavy atom. The van der Waals surface area contributed by atoms with Crippen LogP contribution in [0.5, 0.6) is 0 Å². The Labute approximate surface area is 128 Å². The van der Waals surface area contributed by atoms with Gasteiger partial charge in [0, 0.05) is 11.1 Å². The first-order valence-corrected chi connectivity index (χ1v) is 7.13. The van der Waals surface area contributed by atoms with E-state index in [4.69, 9.17) is 0 Å². The van der Waals surface area contributed by atoms with E-state index in [0.717, 1.165) is 11.3 Å². The average molecular weight is 317 g/mol. The summed E-state index contributed by atoms with van der Waals surface area (Å²) in [7, 11) is 0. The Morgan fingerprint density at radius 2 is 1.50 bits per heavy atom. The van der Waals surface area contributed by atoms with Gasteiger partial charge in [0.1, 0.15) is 21.5 Å². The molecule has 0 spiro atoms. The third-order valence-corrected chi connectivity index (χ3v) is 4.13. The molecule has 0 aliphatic carbocycles. The Hall–Kier alpha value is -2.60. The maximum absolute atomic E-state index is 13.9. The number of hydrogen-bond donors (Lipinski definition) is 1. The maximum Gasteiger partial charge on any atom is 0.348 e. The molecule has 2 aromatic carbocycles. The van der Waals surface area contributed by atoms with Gasteiger partial charge in [-0.2, -0.15) is 0 Å². The molecule has 0 saturated carbocycles. The molecule has 0 unspecified atom stereocenters. The van der Waals surface area contributed by atoms with Gasteiger partial charge >= 0.3 is 5.97 Å². The fourth-order valence-corrected chi connectivity index (χ4v) is 3.00. The second kappa shape index (κ2) is 5.65. The molecule has 1 N–H and O–H groups in total. The zero-order chi connectivity index (χ0) is 15.7. The van der Waals surface area contributed by atoms with E-state index in [9.17, 15) is 18.7 Å². The van der Waals surface area contributed by atoms with Crippen LogP contribution >= 0.6 is 11.3 Å². The number of aromatic carboxylic acids is 1. The van der Waals surface area contributed by atoms with Gasteiger partial charge in [-0.15, -0.1) is 11.3 Å². The van der Waals surface area contributed by atoms with Gasteiger partial charge in [-0.1, -0.05) is 24.3 Å². The molecular weight excluding hydrogens is 308 g/mol. The number of halogens is 2. The molecule has 3 nitrogen and oxygen atoms in total. The van der Waals surface area contributed by atoms with Crippen LogP contribution in [0.4, 0.5) is 8.78 Å². The summed E-state index contributed by atoms with van der Waals surface area (Å²) < 4.78 is 27.8. The van der Waals surface area contributed by atoms with Crippen LogP contribution in [0.15, 0.2) is 48.5 Å². The first kappa shape index (κ1) is 14.3. The van der Waals surface area contributed by atoms with E-state index in [-0.39, 0.29) is 26.7 Å². The minimum absolute atomic E-state index is 0.00820. The van der Waals surface area contributed by atoms with Crippen molar-refractivity contribution in [2.24, 2.45) is 0 Å². The standard InChI is InChI=1S/C16H9F2NO2S/c17-11-7-3-1-5-9(11)13-14(16(20)21)22-15(19-13)10-6-2-4-8-12(10)18/h1-8H,(H,20,21). The van der Waals surface area contributed by atoms with Crippen LogP contribution in [0.1, 0.15) is 9.67 Å². The number of benzene rings is 2. The summed E-state index contributed by atoms with van der Waals surface area (Å²) in [6.45, 7) is 0. The van der Waals surface area contributed by atoms with Crippen LogP contribution < -0.4 is 0 Å². The second-order valence-corrected chi connectivity index (χ2v) is 5.46. The number of thiazole rings is 1. The van der Waals surface area contributed by atoms with E-state index in [1.807, 2.05) is 0 Å². The lowest BCUT2D eigenvalue weighted by Gasteiger charge is -2.00. The lowest BCUT2D eigenvalue weighted by atomic mass is 10.1. The van der Waals surface area contributed by atoms with Crippen molar-refractivity contribution in [1.82, 2.24) is 4.98 Å². The second-order valence-electron chi connectivity index (χ2n) is 4.46. The highest BCUT2D eigenvalue weighted by Crippen LogP contribution is 2.35. The Bertz CT molecular complexity index is 861. The summed E-state index contributed by atoms with van der Waals surface area (Å²) in [6.07, 6.45) is 0. The van der Waals surface area contributed by atoms with Gasteiger partial charge in [-0.3, -0.25) is 0 Å². The SMILES string of the molecule is O=C(O)c1sc(-c2ccccc2F)nc1-c1ccccc1F. The predicted molar refractivity (Wildman–Crippen MR) is 79.9 cm³/mol. The summed E-state index contributed by atoms with van der Waals surface area (Å²) in [6, 6.07) is 11.7. The minimum atomic E-state index is -1.22. The molecule has 6 heteroatoms. The molecule has 3 aromatic rings. The van der Waals surface area contributed by atoms with E-state index in [2.05, 4.69) is 4.98 Å². The van der Waals surface area contributed by atoms with E-state index in [1.54, 1.807) is 12.1 Å². The molecule has 0 aliphatic rings. The highest BCUT2D eigenvalue weighted by molar-refractivity contribution is 7.17. The van der Waals surface area contributed by atoms with Gasteiger partial charge in [0.25, 0.3) is 0 Å². The van der Waals surface area contributed by atoms with Gasteiger partial charge in [0.2, 0.25) is 0 Å². The number of rotatable bonds is 3. The third-order valence-electron chi connectivity index (χ3n) is 3.05. The number of hydrogen-bond acceptors (Lipinski definition) is 3. The molecule has 1 heterocycles. The topological polar surface area (TPSA) is 50.2 Å². The summed E-state index contributed by atoms with van der Waals surface area (Å²) in [5, 5.41) is 9.50. The molecule has 110 valence electrons. The lowest BCUT2D eigenvalue weighted by molar-refractivity contribution is 0.0702. The molecule has 0 saturated heterocycles. The number of aromatic nitrogens is 1. The van der Waals surface area contributed by atoms with Gasteiger partial charge in [0.15, 0.2) is 0 Å². The smallest absolute Gasteiger partial charge is 0.348 e. The highest BCUT2D eigenvalue weighted by atomic mass is 32.1. The number of carboxylic acids is 1. The zero-order valence-corrected chi connectivity index (χ0v) is 11.9. The van der Waals surface area contributed by atoms with Crippen LogP contribution in [0.3, 0.4) is 0 Å². The molecular formula is C16H9F2NO2S. The van der Waals surface area contributed by atoms with Crippen molar-refractivity contribution in [3.05, 3.63) is 65.0 Å². The van der Waals surface area contributed by atoms with E-state index in [1.165, 1.54) is 36.4 Å². The number of nitrogens with zero attached hydrogens (tertiary/aromatic N) is 1. The molecule has 3 rings (SSSR count). The Balaban J connectivity index is 2.22. The van der Waals surface area contributed by atoms with Crippen molar-refractivity contribution in [3.8, 4) is 21.8 Å². The molecule has 1 aromatic heterocycles. The van der Waals surface area contributed by atoms with Crippen LogP contribution in [-0.2, 0) is 0 Å². The fourth-order valence-electron chi connectivity index (χ4n) is 2.05. The van der Waals surface area contributed by atoms with Gasteiger partial charge < -0.3 is 5.11 Å². The Kier molecular flexibility index (Phi) is 3.68. The predicted octanol–water partition coefficient (Wildman–Crippen LogP) is 4.45. The largest absolute Gasteiger partial charge is 0.477 e. The van der Waals surface area contributed by atoms with Crippen LogP contribution in [0, 0.1) is 11.6 Å². The van der Waals surface area contributed by atoms with Crippen LogP contribution in [-0.4, -0.2) is 16.1 Å². The molecule has 0 radical (unpaired) electrons. The number of carbonyl (C=O) groups is 1. The van der Waals surface area contributed by atoms with Crippen molar-refractivity contribution in [2.45, 2.75) is 0 Å². The fraction of sp³-hybridized carbons (Fsp3) is 0. The lowest BCUT2D eigenvalue weighted by Crippen LogP contribution is -1.96. The van der Waals surface area contributed by atoms with Gasteiger partial charge in [-0.25, -0.2) is 18.6 Å². The van der Waals surface area contributed by atoms with E-state index in [0.29, 0.717) is 0 Å². The molecule has 0 aliphatic heterocycles. The maximum atomic E-state index is 13.9.